The molecule has 1 aromatic heterocycles. The van der Waals surface area contributed by atoms with E-state index in [1.165, 1.54) is 13.2 Å². The van der Waals surface area contributed by atoms with Crippen molar-refractivity contribution in [3.63, 3.8) is 0 Å². The highest BCUT2D eigenvalue weighted by atomic mass is 32.2. The molecule has 0 spiro atoms. The monoisotopic (exact) mass is 295 g/mol. The number of rotatable bonds is 7. The van der Waals surface area contributed by atoms with Gasteiger partial charge in [-0.3, -0.25) is 0 Å². The topological polar surface area (TPSA) is 84.1 Å². The van der Waals surface area contributed by atoms with E-state index in [2.05, 4.69) is 14.7 Å². The maximum Gasteiger partial charge on any atom is 0.244 e. The van der Waals surface area contributed by atoms with Gasteiger partial charge in [-0.2, -0.15) is 0 Å². The molecule has 6 nitrogen and oxygen atoms in total. The predicted octanol–water partition coefficient (Wildman–Crippen LogP) is 1.33. The summed E-state index contributed by atoms with van der Waals surface area (Å²) < 4.78 is 31.9. The van der Waals surface area contributed by atoms with Crippen molar-refractivity contribution in [1.29, 1.82) is 0 Å². The van der Waals surface area contributed by atoms with Crippen LogP contribution in [0.5, 0.6) is 5.75 Å². The number of para-hydroxylation sites is 1. The van der Waals surface area contributed by atoms with Crippen LogP contribution in [0, 0.1) is 0 Å². The summed E-state index contributed by atoms with van der Waals surface area (Å²) in [5, 5.41) is 0. The number of imidazole rings is 1. The van der Waals surface area contributed by atoms with Crippen molar-refractivity contribution in [1.82, 2.24) is 14.7 Å². The van der Waals surface area contributed by atoms with Gasteiger partial charge in [-0.05, 0) is 18.6 Å². The average molecular weight is 295 g/mol. The number of aryl methyl sites for hydroxylation is 1. The van der Waals surface area contributed by atoms with Crippen molar-refractivity contribution < 1.29 is 13.2 Å². The molecule has 0 aliphatic carbocycles. The lowest BCUT2D eigenvalue weighted by molar-refractivity contribution is 0.402. The molecule has 0 unspecified atom stereocenters. The molecule has 0 radical (unpaired) electrons. The fourth-order valence-electron chi connectivity index (χ4n) is 1.82. The highest BCUT2D eigenvalue weighted by Crippen LogP contribution is 2.22. The molecule has 0 saturated heterocycles. The molecule has 7 heteroatoms. The fourth-order valence-corrected chi connectivity index (χ4v) is 3.06. The Kier molecular flexibility index (Phi) is 4.75. The molecule has 0 aliphatic heterocycles. The third-order valence-electron chi connectivity index (χ3n) is 2.80. The summed E-state index contributed by atoms with van der Waals surface area (Å²) in [5.74, 6) is 1.19. The smallest absolute Gasteiger partial charge is 0.244 e. The lowest BCUT2D eigenvalue weighted by Crippen LogP contribution is -2.25. The first-order valence-electron chi connectivity index (χ1n) is 6.24. The molecule has 0 bridgehead atoms. The van der Waals surface area contributed by atoms with Crippen LogP contribution in [-0.4, -0.2) is 32.0 Å². The number of hydrogen-bond acceptors (Lipinski definition) is 4. The van der Waals surface area contributed by atoms with E-state index in [1.54, 1.807) is 30.6 Å². The minimum atomic E-state index is -3.55. The van der Waals surface area contributed by atoms with Crippen molar-refractivity contribution in [2.45, 2.75) is 17.7 Å². The van der Waals surface area contributed by atoms with E-state index in [0.717, 1.165) is 5.82 Å². The summed E-state index contributed by atoms with van der Waals surface area (Å²) in [5.41, 5.74) is 0. The van der Waals surface area contributed by atoms with Crippen molar-refractivity contribution in [3.8, 4) is 5.75 Å². The molecule has 0 amide bonds. The SMILES string of the molecule is COc1ccccc1S(=O)(=O)NCCCc1ncc[nH]1. The van der Waals surface area contributed by atoms with Crippen LogP contribution < -0.4 is 9.46 Å². The van der Waals surface area contributed by atoms with Crippen LogP contribution in [0.25, 0.3) is 0 Å². The van der Waals surface area contributed by atoms with Crippen molar-refractivity contribution in [2.75, 3.05) is 13.7 Å². The second kappa shape index (κ2) is 6.53. The molecular weight excluding hydrogens is 278 g/mol. The Labute approximate surface area is 118 Å². The van der Waals surface area contributed by atoms with E-state index in [0.29, 0.717) is 25.1 Å². The zero-order chi connectivity index (χ0) is 14.4. The second-order valence-corrected chi connectivity index (χ2v) is 5.92. The number of ether oxygens (including phenoxy) is 1. The van der Waals surface area contributed by atoms with Crippen LogP contribution in [0.2, 0.25) is 0 Å². The van der Waals surface area contributed by atoms with E-state index in [9.17, 15) is 8.42 Å². The number of aromatic nitrogens is 2. The Morgan fingerprint density at radius 1 is 1.35 bits per heavy atom. The van der Waals surface area contributed by atoms with Gasteiger partial charge in [-0.25, -0.2) is 18.1 Å². The van der Waals surface area contributed by atoms with Gasteiger partial charge in [-0.15, -0.1) is 0 Å². The van der Waals surface area contributed by atoms with E-state index < -0.39 is 10.0 Å². The number of nitrogens with one attached hydrogen (secondary N) is 2. The molecular formula is C13H17N3O3S. The first-order chi connectivity index (χ1) is 9.63. The molecule has 2 rings (SSSR count). The number of methoxy groups -OCH3 is 1. The van der Waals surface area contributed by atoms with Crippen molar-refractivity contribution in [2.24, 2.45) is 0 Å². The molecule has 20 heavy (non-hydrogen) atoms. The molecule has 0 fully saturated rings. The summed E-state index contributed by atoms with van der Waals surface area (Å²) in [6.45, 7) is 0.348. The van der Waals surface area contributed by atoms with Crippen LogP contribution in [0.15, 0.2) is 41.6 Å². The standard InChI is InChI=1S/C13H17N3O3S/c1-19-11-5-2-3-6-12(11)20(17,18)16-8-4-7-13-14-9-10-15-13/h2-3,5-6,9-10,16H,4,7-8H2,1H3,(H,14,15). The van der Waals surface area contributed by atoms with Crippen LogP contribution in [0.3, 0.4) is 0 Å². The summed E-state index contributed by atoms with van der Waals surface area (Å²) in [6.07, 6.45) is 4.78. The molecule has 1 aromatic carbocycles. The average Bonchev–Trinajstić information content (AvgIpc) is 2.97. The second-order valence-electron chi connectivity index (χ2n) is 4.19. The number of sulfonamides is 1. The summed E-state index contributed by atoms with van der Waals surface area (Å²) in [6, 6.07) is 6.54. The first-order valence-corrected chi connectivity index (χ1v) is 7.73. The Morgan fingerprint density at radius 3 is 2.85 bits per heavy atom. The molecule has 1 heterocycles. The number of H-pyrrole nitrogens is 1. The minimum Gasteiger partial charge on any atom is -0.495 e. The largest absolute Gasteiger partial charge is 0.495 e. The van der Waals surface area contributed by atoms with Crippen molar-refractivity contribution >= 4 is 10.0 Å². The molecule has 0 saturated carbocycles. The predicted molar refractivity (Wildman–Crippen MR) is 75.1 cm³/mol. The molecule has 0 aliphatic rings. The summed E-state index contributed by atoms with van der Waals surface area (Å²) in [4.78, 5) is 7.21. The van der Waals surface area contributed by atoms with Crippen LogP contribution >= 0.6 is 0 Å². The van der Waals surface area contributed by atoms with Crippen LogP contribution in [0.4, 0.5) is 0 Å². The Balaban J connectivity index is 1.94. The van der Waals surface area contributed by atoms with Gasteiger partial charge < -0.3 is 9.72 Å². The quantitative estimate of drug-likeness (QED) is 0.755. The molecule has 2 N–H and O–H groups in total. The number of nitrogens with zero attached hydrogens (tertiary/aromatic N) is 1. The maximum atomic E-state index is 12.2. The molecule has 0 atom stereocenters. The number of benzene rings is 1. The van der Waals surface area contributed by atoms with Gasteiger partial charge in [0.25, 0.3) is 0 Å². The van der Waals surface area contributed by atoms with E-state index >= 15 is 0 Å². The van der Waals surface area contributed by atoms with Gasteiger partial charge in [0, 0.05) is 25.4 Å². The number of aromatic amines is 1. The molecule has 2 aromatic rings. The lowest BCUT2D eigenvalue weighted by Gasteiger charge is -2.10. The van der Waals surface area contributed by atoms with Gasteiger partial charge >= 0.3 is 0 Å². The normalized spacial score (nSPS) is 11.4. The first kappa shape index (κ1) is 14.5. The van der Waals surface area contributed by atoms with E-state index in [1.807, 2.05) is 0 Å². The number of hydrogen-bond donors (Lipinski definition) is 2. The summed E-state index contributed by atoms with van der Waals surface area (Å²) in [7, 11) is -2.10. The van der Waals surface area contributed by atoms with Crippen molar-refractivity contribution in [3.05, 3.63) is 42.5 Å². The summed E-state index contributed by atoms with van der Waals surface area (Å²) >= 11 is 0. The fraction of sp³-hybridized carbons (Fsp3) is 0.308. The highest BCUT2D eigenvalue weighted by Gasteiger charge is 2.17. The van der Waals surface area contributed by atoms with Gasteiger partial charge in [0.15, 0.2) is 0 Å². The van der Waals surface area contributed by atoms with E-state index in [-0.39, 0.29) is 4.90 Å². The van der Waals surface area contributed by atoms with E-state index in [4.69, 9.17) is 4.74 Å². The third-order valence-corrected chi connectivity index (χ3v) is 4.30. The Hall–Kier alpha value is -1.86. The maximum absolute atomic E-state index is 12.2. The van der Waals surface area contributed by atoms with Gasteiger partial charge in [0.05, 0.1) is 7.11 Å². The van der Waals surface area contributed by atoms with Gasteiger partial charge in [0.1, 0.15) is 16.5 Å². The van der Waals surface area contributed by atoms with Gasteiger partial charge in [0.2, 0.25) is 10.0 Å². The minimum absolute atomic E-state index is 0.153. The highest BCUT2D eigenvalue weighted by molar-refractivity contribution is 7.89. The Bertz CT molecular complexity index is 639. The molecule has 108 valence electrons. The lowest BCUT2D eigenvalue weighted by atomic mass is 10.3. The Morgan fingerprint density at radius 2 is 2.15 bits per heavy atom. The third kappa shape index (κ3) is 3.58. The van der Waals surface area contributed by atoms with Crippen LogP contribution in [0.1, 0.15) is 12.2 Å². The van der Waals surface area contributed by atoms with Crippen LogP contribution in [-0.2, 0) is 16.4 Å². The van der Waals surface area contributed by atoms with Gasteiger partial charge in [-0.1, -0.05) is 12.1 Å². The zero-order valence-corrected chi connectivity index (χ0v) is 12.0. The zero-order valence-electron chi connectivity index (χ0n) is 11.2.